The van der Waals surface area contributed by atoms with Crippen molar-refractivity contribution in [3.63, 3.8) is 0 Å². The number of benzene rings is 1. The largest absolute Gasteiger partial charge is 0.340 e. The van der Waals surface area contributed by atoms with Crippen LogP contribution in [0.5, 0.6) is 0 Å². The molecule has 24 heavy (non-hydrogen) atoms. The Kier molecular flexibility index (Phi) is 6.44. The summed E-state index contributed by atoms with van der Waals surface area (Å²) in [6, 6.07) is 15.4. The summed E-state index contributed by atoms with van der Waals surface area (Å²) in [6.07, 6.45) is 1.18. The minimum absolute atomic E-state index is 0. The monoisotopic (exact) mass is 344 g/mol. The highest BCUT2D eigenvalue weighted by atomic mass is 35.5. The van der Waals surface area contributed by atoms with E-state index in [4.69, 9.17) is 5.26 Å². The molecule has 2 aromatic rings. The van der Waals surface area contributed by atoms with Crippen LogP contribution < -0.4 is 5.32 Å². The van der Waals surface area contributed by atoms with Gasteiger partial charge in [-0.1, -0.05) is 30.3 Å². The second-order valence-corrected chi connectivity index (χ2v) is 6.40. The number of rotatable bonds is 5. The molecule has 2 heterocycles. The lowest BCUT2D eigenvalue weighted by Gasteiger charge is -2.17. The maximum atomic E-state index is 9.11. The number of hydrogen-bond acceptors (Lipinski definition) is 3. The molecule has 1 saturated heterocycles. The molecular weight excluding hydrogens is 320 g/mol. The van der Waals surface area contributed by atoms with Gasteiger partial charge in [0.25, 0.3) is 0 Å². The summed E-state index contributed by atoms with van der Waals surface area (Å²) in [5, 5.41) is 12.8. The predicted octanol–water partition coefficient (Wildman–Crippen LogP) is 2.99. The maximum Gasteiger partial charge on any atom is 0.120 e. The van der Waals surface area contributed by atoms with Crippen molar-refractivity contribution in [1.29, 1.82) is 5.26 Å². The summed E-state index contributed by atoms with van der Waals surface area (Å²) < 4.78 is 1.97. The highest BCUT2D eigenvalue weighted by molar-refractivity contribution is 5.85. The molecule has 1 aliphatic rings. The lowest BCUT2D eigenvalue weighted by Crippen LogP contribution is -2.32. The van der Waals surface area contributed by atoms with E-state index < -0.39 is 0 Å². The second-order valence-electron chi connectivity index (χ2n) is 6.40. The summed E-state index contributed by atoms with van der Waals surface area (Å²) in [7, 11) is 1.95. The molecule has 0 saturated carbocycles. The fourth-order valence-electron chi connectivity index (χ4n) is 3.29. The molecule has 1 aromatic heterocycles. The van der Waals surface area contributed by atoms with Crippen molar-refractivity contribution in [3.8, 4) is 6.07 Å². The number of hydrogen-bond donors (Lipinski definition) is 1. The van der Waals surface area contributed by atoms with Crippen LogP contribution in [0.15, 0.2) is 36.4 Å². The fourth-order valence-corrected chi connectivity index (χ4v) is 3.29. The second kappa shape index (κ2) is 8.34. The Labute approximate surface area is 150 Å². The maximum absolute atomic E-state index is 9.11. The van der Waals surface area contributed by atoms with Crippen molar-refractivity contribution in [1.82, 2.24) is 14.8 Å². The summed E-state index contributed by atoms with van der Waals surface area (Å²) in [4.78, 5) is 2.51. The molecule has 0 spiro atoms. The van der Waals surface area contributed by atoms with Crippen LogP contribution in [-0.2, 0) is 20.1 Å². The van der Waals surface area contributed by atoms with Crippen LogP contribution in [-0.4, -0.2) is 28.6 Å². The van der Waals surface area contributed by atoms with Gasteiger partial charge in [-0.25, -0.2) is 0 Å². The fraction of sp³-hybridized carbons (Fsp3) is 0.421. The average molecular weight is 345 g/mol. The van der Waals surface area contributed by atoms with Gasteiger partial charge in [0.15, 0.2) is 0 Å². The predicted molar refractivity (Wildman–Crippen MR) is 99.1 cm³/mol. The SMILES string of the molecule is Cc1c(CNC2CCN(Cc3ccccc3)C2)cc(C#N)n1C.Cl. The van der Waals surface area contributed by atoms with Crippen molar-refractivity contribution in [2.24, 2.45) is 7.05 Å². The summed E-state index contributed by atoms with van der Waals surface area (Å²) in [5.41, 5.74) is 4.51. The quantitative estimate of drug-likeness (QED) is 0.906. The molecular formula is C19H25ClN4. The van der Waals surface area contributed by atoms with E-state index in [1.807, 2.05) is 17.7 Å². The first-order chi connectivity index (χ1) is 11.2. The van der Waals surface area contributed by atoms with Crippen LogP contribution in [0.1, 0.15) is 28.9 Å². The van der Waals surface area contributed by atoms with E-state index in [0.717, 1.165) is 31.9 Å². The van der Waals surface area contributed by atoms with Gasteiger partial charge in [-0.3, -0.25) is 4.90 Å². The average Bonchev–Trinajstić information content (AvgIpc) is 3.12. The van der Waals surface area contributed by atoms with Gasteiger partial charge in [-0.15, -0.1) is 12.4 Å². The molecule has 1 atom stereocenters. The molecule has 5 heteroatoms. The highest BCUT2D eigenvalue weighted by Crippen LogP contribution is 2.16. The van der Waals surface area contributed by atoms with Crippen molar-refractivity contribution in [2.75, 3.05) is 13.1 Å². The van der Waals surface area contributed by atoms with Gasteiger partial charge in [0.05, 0.1) is 0 Å². The van der Waals surface area contributed by atoms with Crippen molar-refractivity contribution in [2.45, 2.75) is 32.5 Å². The number of likely N-dealkylation sites (tertiary alicyclic amines) is 1. The van der Waals surface area contributed by atoms with Crippen LogP contribution in [0, 0.1) is 18.3 Å². The Morgan fingerprint density at radius 3 is 2.71 bits per heavy atom. The van der Waals surface area contributed by atoms with Gasteiger partial charge in [0.1, 0.15) is 11.8 Å². The van der Waals surface area contributed by atoms with Crippen LogP contribution >= 0.6 is 12.4 Å². The standard InChI is InChI=1S/C19H24N4.ClH/c1-15-17(10-19(11-20)22(15)2)12-21-18-8-9-23(14-18)13-16-6-4-3-5-7-16;/h3-7,10,18,21H,8-9,12-14H2,1-2H3;1H. The number of nitriles is 1. The third kappa shape index (κ3) is 4.18. The number of halogens is 1. The zero-order valence-electron chi connectivity index (χ0n) is 14.3. The molecule has 0 bridgehead atoms. The van der Waals surface area contributed by atoms with Crippen LogP contribution in [0.2, 0.25) is 0 Å². The van der Waals surface area contributed by atoms with Gasteiger partial charge in [0, 0.05) is 45.0 Å². The molecule has 0 amide bonds. The molecule has 128 valence electrons. The zero-order valence-corrected chi connectivity index (χ0v) is 15.1. The first-order valence-electron chi connectivity index (χ1n) is 8.22. The van der Waals surface area contributed by atoms with E-state index in [0.29, 0.717) is 6.04 Å². The lowest BCUT2D eigenvalue weighted by molar-refractivity contribution is 0.320. The van der Waals surface area contributed by atoms with E-state index in [2.05, 4.69) is 53.5 Å². The van der Waals surface area contributed by atoms with Crippen molar-refractivity contribution >= 4 is 12.4 Å². The molecule has 0 aliphatic carbocycles. The van der Waals surface area contributed by atoms with Gasteiger partial charge in [-0.2, -0.15) is 5.26 Å². The third-order valence-electron chi connectivity index (χ3n) is 4.86. The van der Waals surface area contributed by atoms with E-state index in [9.17, 15) is 0 Å². The Balaban J connectivity index is 0.00000208. The van der Waals surface area contributed by atoms with Crippen LogP contribution in [0.4, 0.5) is 0 Å². The minimum Gasteiger partial charge on any atom is -0.340 e. The Morgan fingerprint density at radius 2 is 2.04 bits per heavy atom. The van der Waals surface area contributed by atoms with Crippen molar-refractivity contribution in [3.05, 3.63) is 58.9 Å². The normalized spacial score (nSPS) is 17.5. The van der Waals surface area contributed by atoms with Gasteiger partial charge in [0.2, 0.25) is 0 Å². The topological polar surface area (TPSA) is 44.0 Å². The number of aromatic nitrogens is 1. The molecule has 4 nitrogen and oxygen atoms in total. The molecule has 1 N–H and O–H groups in total. The zero-order chi connectivity index (χ0) is 16.2. The summed E-state index contributed by atoms with van der Waals surface area (Å²) >= 11 is 0. The van der Waals surface area contributed by atoms with Gasteiger partial charge >= 0.3 is 0 Å². The molecule has 1 fully saturated rings. The van der Waals surface area contributed by atoms with E-state index >= 15 is 0 Å². The molecule has 3 rings (SSSR count). The van der Waals surface area contributed by atoms with Crippen LogP contribution in [0.3, 0.4) is 0 Å². The Morgan fingerprint density at radius 1 is 1.29 bits per heavy atom. The van der Waals surface area contributed by atoms with Gasteiger partial charge < -0.3 is 9.88 Å². The van der Waals surface area contributed by atoms with E-state index in [1.165, 1.54) is 23.2 Å². The molecule has 0 radical (unpaired) electrons. The summed E-state index contributed by atoms with van der Waals surface area (Å²) in [6.45, 7) is 6.18. The molecule has 1 aliphatic heterocycles. The van der Waals surface area contributed by atoms with Gasteiger partial charge in [-0.05, 0) is 30.5 Å². The highest BCUT2D eigenvalue weighted by Gasteiger charge is 2.22. The van der Waals surface area contributed by atoms with E-state index in [1.54, 1.807) is 0 Å². The summed E-state index contributed by atoms with van der Waals surface area (Å²) in [5.74, 6) is 0. The molecule has 1 unspecified atom stereocenters. The minimum atomic E-state index is 0. The number of nitrogens with zero attached hydrogens (tertiary/aromatic N) is 3. The van der Waals surface area contributed by atoms with Crippen LogP contribution in [0.25, 0.3) is 0 Å². The number of nitrogens with one attached hydrogen (secondary N) is 1. The first kappa shape index (κ1) is 18.5. The Hall–Kier alpha value is -1.80. The molecule has 1 aromatic carbocycles. The Bertz CT molecular complexity index is 702. The van der Waals surface area contributed by atoms with E-state index in [-0.39, 0.29) is 12.4 Å². The smallest absolute Gasteiger partial charge is 0.120 e. The van der Waals surface area contributed by atoms with Crippen molar-refractivity contribution < 1.29 is 0 Å². The third-order valence-corrected chi connectivity index (χ3v) is 4.86. The first-order valence-corrected chi connectivity index (χ1v) is 8.22. The lowest BCUT2D eigenvalue weighted by atomic mass is 10.2.